The standard InChI is InChI=1S/C7H13NO4/c1-4-12-7(10)8-5(2)6(9)11-3/h5H,4H2,1-3H3,(H,8,10). The molecule has 0 saturated heterocycles. The van der Waals surface area contributed by atoms with E-state index >= 15 is 0 Å². The maximum atomic E-state index is 10.8. The second kappa shape index (κ2) is 5.40. The highest BCUT2D eigenvalue weighted by atomic mass is 16.6. The van der Waals surface area contributed by atoms with Gasteiger partial charge in [0.2, 0.25) is 0 Å². The zero-order chi connectivity index (χ0) is 9.56. The maximum Gasteiger partial charge on any atom is 0.407 e. The van der Waals surface area contributed by atoms with Gasteiger partial charge < -0.3 is 14.8 Å². The first-order chi connectivity index (χ1) is 5.61. The van der Waals surface area contributed by atoms with Crippen LogP contribution in [0.4, 0.5) is 4.79 Å². The molecular weight excluding hydrogens is 162 g/mol. The molecule has 1 unspecified atom stereocenters. The van der Waals surface area contributed by atoms with Gasteiger partial charge in [0, 0.05) is 0 Å². The van der Waals surface area contributed by atoms with E-state index in [9.17, 15) is 9.59 Å². The number of hydrogen-bond donors (Lipinski definition) is 1. The summed E-state index contributed by atoms with van der Waals surface area (Å²) >= 11 is 0. The Hall–Kier alpha value is -1.26. The summed E-state index contributed by atoms with van der Waals surface area (Å²) in [5.74, 6) is -0.497. The highest BCUT2D eigenvalue weighted by Gasteiger charge is 2.15. The Labute approximate surface area is 71.0 Å². The van der Waals surface area contributed by atoms with Gasteiger partial charge in [-0.25, -0.2) is 9.59 Å². The molecule has 70 valence electrons. The third kappa shape index (κ3) is 3.80. The van der Waals surface area contributed by atoms with Crippen molar-refractivity contribution in [2.24, 2.45) is 0 Å². The largest absolute Gasteiger partial charge is 0.467 e. The lowest BCUT2D eigenvalue weighted by atomic mass is 10.3. The predicted molar refractivity (Wildman–Crippen MR) is 41.6 cm³/mol. The van der Waals surface area contributed by atoms with Crippen molar-refractivity contribution in [3.63, 3.8) is 0 Å². The smallest absolute Gasteiger partial charge is 0.407 e. The zero-order valence-electron chi connectivity index (χ0n) is 7.42. The molecule has 0 spiro atoms. The van der Waals surface area contributed by atoms with Gasteiger partial charge in [0.1, 0.15) is 6.04 Å². The second-order valence-electron chi connectivity index (χ2n) is 2.11. The first-order valence-electron chi connectivity index (χ1n) is 3.63. The van der Waals surface area contributed by atoms with Crippen LogP contribution >= 0.6 is 0 Å². The Morgan fingerprint density at radius 1 is 1.50 bits per heavy atom. The number of hydrogen-bond acceptors (Lipinski definition) is 4. The van der Waals surface area contributed by atoms with Crippen LogP contribution in [0.2, 0.25) is 0 Å². The van der Waals surface area contributed by atoms with Crippen molar-refractivity contribution >= 4 is 12.1 Å². The second-order valence-corrected chi connectivity index (χ2v) is 2.11. The van der Waals surface area contributed by atoms with Gasteiger partial charge in [-0.1, -0.05) is 0 Å². The van der Waals surface area contributed by atoms with Gasteiger partial charge in [-0.05, 0) is 13.8 Å². The molecule has 0 saturated carbocycles. The third-order valence-corrected chi connectivity index (χ3v) is 1.16. The van der Waals surface area contributed by atoms with Gasteiger partial charge in [0.15, 0.2) is 0 Å². The van der Waals surface area contributed by atoms with Gasteiger partial charge >= 0.3 is 12.1 Å². The average Bonchev–Trinajstić information content (AvgIpc) is 2.03. The molecule has 1 N–H and O–H groups in total. The van der Waals surface area contributed by atoms with Crippen molar-refractivity contribution in [2.45, 2.75) is 19.9 Å². The molecule has 0 aliphatic rings. The number of amides is 1. The summed E-state index contributed by atoms with van der Waals surface area (Å²) in [6.45, 7) is 3.48. The summed E-state index contributed by atoms with van der Waals surface area (Å²) < 4.78 is 8.93. The lowest BCUT2D eigenvalue weighted by Crippen LogP contribution is -2.39. The maximum absolute atomic E-state index is 10.8. The molecule has 5 nitrogen and oxygen atoms in total. The van der Waals surface area contributed by atoms with Crippen molar-refractivity contribution in [3.05, 3.63) is 0 Å². The molecule has 1 atom stereocenters. The molecule has 0 radical (unpaired) electrons. The van der Waals surface area contributed by atoms with Gasteiger partial charge in [-0.15, -0.1) is 0 Å². The molecule has 0 aromatic heterocycles. The van der Waals surface area contributed by atoms with Crippen molar-refractivity contribution in [1.29, 1.82) is 0 Å². The first kappa shape index (κ1) is 10.7. The normalized spacial score (nSPS) is 11.6. The summed E-state index contributed by atoms with van der Waals surface area (Å²) in [6, 6.07) is -0.672. The van der Waals surface area contributed by atoms with Gasteiger partial charge in [0.25, 0.3) is 0 Å². The minimum atomic E-state index is -0.672. The number of ether oxygens (including phenoxy) is 2. The van der Waals surface area contributed by atoms with Crippen LogP contribution in [0.5, 0.6) is 0 Å². The minimum absolute atomic E-state index is 0.278. The molecule has 1 amide bonds. The summed E-state index contributed by atoms with van der Waals surface area (Å²) in [6.07, 6.45) is -0.615. The summed E-state index contributed by atoms with van der Waals surface area (Å²) in [5.41, 5.74) is 0. The number of carbonyl (C=O) groups is 2. The van der Waals surface area contributed by atoms with Gasteiger partial charge in [0.05, 0.1) is 13.7 Å². The van der Waals surface area contributed by atoms with Crippen LogP contribution in [0.1, 0.15) is 13.8 Å². The fraction of sp³-hybridized carbons (Fsp3) is 0.714. The van der Waals surface area contributed by atoms with E-state index < -0.39 is 18.1 Å². The molecular formula is C7H13NO4. The highest BCUT2D eigenvalue weighted by molar-refractivity contribution is 5.80. The van der Waals surface area contributed by atoms with Crippen LogP contribution in [0.15, 0.2) is 0 Å². The summed E-state index contributed by atoms with van der Waals surface area (Å²) in [7, 11) is 1.26. The number of rotatable bonds is 3. The number of carbonyl (C=O) groups excluding carboxylic acids is 2. The van der Waals surface area contributed by atoms with Crippen molar-refractivity contribution in [2.75, 3.05) is 13.7 Å². The zero-order valence-corrected chi connectivity index (χ0v) is 7.42. The lowest BCUT2D eigenvalue weighted by Gasteiger charge is -2.10. The van der Waals surface area contributed by atoms with E-state index in [1.54, 1.807) is 6.92 Å². The Morgan fingerprint density at radius 2 is 2.08 bits per heavy atom. The van der Waals surface area contributed by atoms with Crippen LogP contribution in [-0.4, -0.2) is 31.8 Å². The molecule has 12 heavy (non-hydrogen) atoms. The number of methoxy groups -OCH3 is 1. The third-order valence-electron chi connectivity index (χ3n) is 1.16. The van der Waals surface area contributed by atoms with Gasteiger partial charge in [-0.3, -0.25) is 0 Å². The fourth-order valence-electron chi connectivity index (χ4n) is 0.585. The summed E-state index contributed by atoms with van der Waals surface area (Å²) in [4.78, 5) is 21.5. The molecule has 0 aromatic carbocycles. The van der Waals surface area contributed by atoms with E-state index in [4.69, 9.17) is 0 Å². The fourth-order valence-corrected chi connectivity index (χ4v) is 0.585. The van der Waals surface area contributed by atoms with E-state index in [1.807, 2.05) is 0 Å². The van der Waals surface area contributed by atoms with Crippen molar-refractivity contribution in [3.8, 4) is 0 Å². The monoisotopic (exact) mass is 175 g/mol. The number of esters is 1. The van der Waals surface area contributed by atoms with Gasteiger partial charge in [-0.2, -0.15) is 0 Å². The molecule has 5 heteroatoms. The van der Waals surface area contributed by atoms with Crippen LogP contribution in [0.25, 0.3) is 0 Å². The van der Waals surface area contributed by atoms with Crippen LogP contribution in [0.3, 0.4) is 0 Å². The van der Waals surface area contributed by atoms with E-state index in [2.05, 4.69) is 14.8 Å². The summed E-state index contributed by atoms with van der Waals surface area (Å²) in [5, 5.41) is 2.30. The highest BCUT2D eigenvalue weighted by Crippen LogP contribution is 1.87. The van der Waals surface area contributed by atoms with Crippen LogP contribution in [0, 0.1) is 0 Å². The molecule has 0 aromatic rings. The quantitative estimate of drug-likeness (QED) is 0.626. The average molecular weight is 175 g/mol. The van der Waals surface area contributed by atoms with Crippen LogP contribution in [-0.2, 0) is 14.3 Å². The minimum Gasteiger partial charge on any atom is -0.467 e. The number of nitrogens with one attached hydrogen (secondary N) is 1. The number of alkyl carbamates (subject to hydrolysis) is 1. The van der Waals surface area contributed by atoms with Crippen molar-refractivity contribution < 1.29 is 19.1 Å². The van der Waals surface area contributed by atoms with E-state index in [0.717, 1.165) is 0 Å². The lowest BCUT2D eigenvalue weighted by molar-refractivity contribution is -0.142. The Morgan fingerprint density at radius 3 is 2.50 bits per heavy atom. The molecule has 0 rings (SSSR count). The first-order valence-corrected chi connectivity index (χ1v) is 3.63. The molecule has 0 bridgehead atoms. The van der Waals surface area contributed by atoms with Crippen molar-refractivity contribution in [1.82, 2.24) is 5.32 Å². The Balaban J connectivity index is 3.75. The topological polar surface area (TPSA) is 64.6 Å². The molecule has 0 aliphatic heterocycles. The predicted octanol–water partition coefficient (Wildman–Crippen LogP) is 0.294. The van der Waals surface area contributed by atoms with E-state index in [1.165, 1.54) is 14.0 Å². The molecule has 0 heterocycles. The SMILES string of the molecule is CCOC(=O)NC(C)C(=O)OC. The Bertz CT molecular complexity index is 169. The molecule has 0 fully saturated rings. The van der Waals surface area contributed by atoms with E-state index in [0.29, 0.717) is 0 Å². The van der Waals surface area contributed by atoms with E-state index in [-0.39, 0.29) is 6.61 Å². The molecule has 0 aliphatic carbocycles. The Kier molecular flexibility index (Phi) is 4.83. The van der Waals surface area contributed by atoms with Crippen LogP contribution < -0.4 is 5.32 Å².